The first kappa shape index (κ1) is 27.9. The van der Waals surface area contributed by atoms with Crippen LogP contribution in [-0.4, -0.2) is 66.0 Å². The predicted octanol–water partition coefficient (Wildman–Crippen LogP) is 5.22. The van der Waals surface area contributed by atoms with E-state index >= 15 is 0 Å². The van der Waals surface area contributed by atoms with Gasteiger partial charge in [0.2, 0.25) is 0 Å². The number of Topliss-reactive ketones (excluding diaryl/α,β-unsaturated/α-hetero) is 1. The lowest BCUT2D eigenvalue weighted by molar-refractivity contribution is -0.140. The van der Waals surface area contributed by atoms with E-state index in [-0.39, 0.29) is 11.3 Å². The molecule has 7 nitrogen and oxygen atoms in total. The van der Waals surface area contributed by atoms with Crippen LogP contribution >= 0.6 is 0 Å². The van der Waals surface area contributed by atoms with Crippen molar-refractivity contribution >= 4 is 17.4 Å². The fourth-order valence-corrected chi connectivity index (χ4v) is 4.77. The molecule has 0 saturated carbocycles. The van der Waals surface area contributed by atoms with E-state index in [1.807, 2.05) is 61.5 Å². The summed E-state index contributed by atoms with van der Waals surface area (Å²) in [5.41, 5.74) is 2.40. The minimum atomic E-state index is -0.695. The number of carbonyl (C=O) groups excluding carboxylic acids is 2. The Hall–Kier alpha value is -4.10. The number of aliphatic hydroxyl groups excluding tert-OH is 1. The number of likely N-dealkylation sites (tertiary alicyclic amines) is 1. The Morgan fingerprint density at radius 3 is 2.18 bits per heavy atom. The first-order chi connectivity index (χ1) is 18.9. The van der Waals surface area contributed by atoms with E-state index in [9.17, 15) is 14.7 Å². The highest BCUT2D eigenvalue weighted by atomic mass is 16.5. The Labute approximate surface area is 230 Å². The SMILES string of the molecule is CCN(CC)CCN1C(=O)C(=O)C(=C(O)c2ccccc2)[C@@H]1c1ccc(OCCOc2ccccc2C)cc1. The van der Waals surface area contributed by atoms with Crippen LogP contribution in [0.15, 0.2) is 84.4 Å². The molecular weight excluding hydrogens is 492 g/mol. The maximum absolute atomic E-state index is 13.2. The Morgan fingerprint density at radius 1 is 0.872 bits per heavy atom. The third-order valence-corrected chi connectivity index (χ3v) is 7.04. The normalized spacial score (nSPS) is 16.6. The van der Waals surface area contributed by atoms with Crippen molar-refractivity contribution in [1.82, 2.24) is 9.80 Å². The highest BCUT2D eigenvalue weighted by molar-refractivity contribution is 6.46. The first-order valence-corrected chi connectivity index (χ1v) is 13.4. The van der Waals surface area contributed by atoms with E-state index < -0.39 is 17.7 Å². The number of rotatable bonds is 12. The van der Waals surface area contributed by atoms with Crippen LogP contribution in [0.4, 0.5) is 0 Å². The lowest BCUT2D eigenvalue weighted by Crippen LogP contribution is -2.38. The van der Waals surface area contributed by atoms with E-state index in [1.54, 1.807) is 29.2 Å². The number of para-hydroxylation sites is 1. The van der Waals surface area contributed by atoms with Gasteiger partial charge in [-0.1, -0.05) is 74.5 Å². The minimum absolute atomic E-state index is 0.103. The summed E-state index contributed by atoms with van der Waals surface area (Å²) in [6.07, 6.45) is 0. The van der Waals surface area contributed by atoms with Crippen molar-refractivity contribution in [3.63, 3.8) is 0 Å². The number of ketones is 1. The molecule has 0 unspecified atom stereocenters. The molecule has 0 spiro atoms. The number of benzene rings is 3. The lowest BCUT2D eigenvalue weighted by atomic mass is 9.95. The molecule has 1 heterocycles. The maximum Gasteiger partial charge on any atom is 0.295 e. The van der Waals surface area contributed by atoms with Gasteiger partial charge in [0.15, 0.2) is 0 Å². The molecule has 0 bridgehead atoms. The largest absolute Gasteiger partial charge is 0.507 e. The number of aliphatic hydroxyl groups is 1. The second kappa shape index (κ2) is 13.1. The Bertz CT molecular complexity index is 1300. The highest BCUT2D eigenvalue weighted by Crippen LogP contribution is 2.39. The molecule has 3 aromatic carbocycles. The summed E-state index contributed by atoms with van der Waals surface area (Å²) in [4.78, 5) is 30.2. The van der Waals surface area contributed by atoms with Crippen molar-refractivity contribution in [2.75, 3.05) is 39.4 Å². The first-order valence-electron chi connectivity index (χ1n) is 13.4. The molecule has 3 aromatic rings. The zero-order valence-corrected chi connectivity index (χ0v) is 22.8. The zero-order chi connectivity index (χ0) is 27.8. The fourth-order valence-electron chi connectivity index (χ4n) is 4.77. The molecule has 0 aromatic heterocycles. The number of hydrogen-bond donors (Lipinski definition) is 1. The van der Waals surface area contributed by atoms with Crippen LogP contribution in [-0.2, 0) is 9.59 Å². The van der Waals surface area contributed by atoms with E-state index in [0.717, 1.165) is 30.0 Å². The Morgan fingerprint density at radius 2 is 1.51 bits per heavy atom. The number of nitrogens with zero attached hydrogens (tertiary/aromatic N) is 2. The van der Waals surface area contributed by atoms with Gasteiger partial charge in [-0.25, -0.2) is 0 Å². The fraction of sp³-hybridized carbons (Fsp3) is 0.312. The van der Waals surface area contributed by atoms with Gasteiger partial charge < -0.3 is 24.4 Å². The summed E-state index contributed by atoms with van der Waals surface area (Å²) in [5.74, 6) is 0.0375. The number of ether oxygens (including phenoxy) is 2. The molecular formula is C32H36N2O5. The zero-order valence-electron chi connectivity index (χ0n) is 22.8. The summed E-state index contributed by atoms with van der Waals surface area (Å²) >= 11 is 0. The summed E-state index contributed by atoms with van der Waals surface area (Å²) in [6.45, 7) is 9.57. The summed E-state index contributed by atoms with van der Waals surface area (Å²) < 4.78 is 11.7. The molecule has 1 atom stereocenters. The van der Waals surface area contributed by atoms with Crippen LogP contribution in [0, 0.1) is 6.92 Å². The van der Waals surface area contributed by atoms with Gasteiger partial charge in [0.1, 0.15) is 30.5 Å². The van der Waals surface area contributed by atoms with Gasteiger partial charge in [-0.3, -0.25) is 9.59 Å². The molecule has 1 saturated heterocycles. The Kier molecular flexibility index (Phi) is 9.39. The van der Waals surface area contributed by atoms with Crippen molar-refractivity contribution in [2.24, 2.45) is 0 Å². The second-order valence-electron chi connectivity index (χ2n) is 9.42. The third kappa shape index (κ3) is 6.49. The van der Waals surface area contributed by atoms with Crippen molar-refractivity contribution in [3.8, 4) is 11.5 Å². The number of amides is 1. The standard InChI is InChI=1S/C32H36N2O5/c1-4-33(5-2)19-20-34-29(28(31(36)32(34)37)30(35)25-12-7-6-8-13-25)24-15-17-26(18-16-24)38-21-22-39-27-14-10-9-11-23(27)3/h6-18,29,35H,4-5,19-22H2,1-3H3/t29-/m0/s1. The molecule has 1 aliphatic heterocycles. The molecule has 1 N–H and O–H groups in total. The van der Waals surface area contributed by atoms with E-state index in [4.69, 9.17) is 9.47 Å². The van der Waals surface area contributed by atoms with Crippen LogP contribution in [0.3, 0.4) is 0 Å². The van der Waals surface area contributed by atoms with Crippen molar-refractivity contribution in [3.05, 3.63) is 101 Å². The molecule has 1 amide bonds. The van der Waals surface area contributed by atoms with E-state index in [0.29, 0.717) is 37.6 Å². The lowest BCUT2D eigenvalue weighted by Gasteiger charge is -2.28. The van der Waals surface area contributed by atoms with Crippen molar-refractivity contribution in [1.29, 1.82) is 0 Å². The van der Waals surface area contributed by atoms with Crippen LogP contribution in [0.25, 0.3) is 5.76 Å². The molecule has 1 aliphatic rings. The average Bonchev–Trinajstić information content (AvgIpc) is 3.22. The van der Waals surface area contributed by atoms with Crippen LogP contribution in [0.2, 0.25) is 0 Å². The van der Waals surface area contributed by atoms with Crippen molar-refractivity contribution < 1.29 is 24.2 Å². The summed E-state index contributed by atoms with van der Waals surface area (Å²) in [7, 11) is 0. The second-order valence-corrected chi connectivity index (χ2v) is 9.42. The topological polar surface area (TPSA) is 79.3 Å². The van der Waals surface area contributed by atoms with Gasteiger partial charge in [-0.15, -0.1) is 0 Å². The third-order valence-electron chi connectivity index (χ3n) is 7.04. The van der Waals surface area contributed by atoms with E-state index in [2.05, 4.69) is 18.7 Å². The Balaban J connectivity index is 1.55. The van der Waals surface area contributed by atoms with Crippen LogP contribution < -0.4 is 9.47 Å². The molecule has 7 heteroatoms. The van der Waals surface area contributed by atoms with E-state index in [1.165, 1.54) is 0 Å². The maximum atomic E-state index is 13.2. The van der Waals surface area contributed by atoms with Gasteiger partial charge in [-0.2, -0.15) is 0 Å². The van der Waals surface area contributed by atoms with Gasteiger partial charge in [0.25, 0.3) is 11.7 Å². The molecule has 39 heavy (non-hydrogen) atoms. The van der Waals surface area contributed by atoms with Gasteiger partial charge >= 0.3 is 0 Å². The number of likely N-dealkylation sites (N-methyl/N-ethyl adjacent to an activating group) is 1. The molecule has 0 radical (unpaired) electrons. The van der Waals surface area contributed by atoms with Crippen LogP contribution in [0.1, 0.15) is 36.6 Å². The highest BCUT2D eigenvalue weighted by Gasteiger charge is 2.45. The summed E-state index contributed by atoms with van der Waals surface area (Å²) in [5, 5.41) is 11.2. The van der Waals surface area contributed by atoms with Crippen molar-refractivity contribution in [2.45, 2.75) is 26.8 Å². The van der Waals surface area contributed by atoms with Gasteiger partial charge in [0, 0.05) is 18.7 Å². The minimum Gasteiger partial charge on any atom is -0.507 e. The molecule has 204 valence electrons. The predicted molar refractivity (Wildman–Crippen MR) is 152 cm³/mol. The molecule has 0 aliphatic carbocycles. The van der Waals surface area contributed by atoms with Gasteiger partial charge in [0.05, 0.1) is 11.6 Å². The quantitative estimate of drug-likeness (QED) is 0.150. The molecule has 1 fully saturated rings. The van der Waals surface area contributed by atoms with Crippen LogP contribution in [0.5, 0.6) is 11.5 Å². The van der Waals surface area contributed by atoms with Gasteiger partial charge in [-0.05, 0) is 49.3 Å². The summed E-state index contributed by atoms with van der Waals surface area (Å²) in [6, 6.07) is 23.3. The smallest absolute Gasteiger partial charge is 0.295 e. The average molecular weight is 529 g/mol. The number of carbonyl (C=O) groups is 2. The number of aryl methyl sites for hydroxylation is 1. The number of hydrogen-bond acceptors (Lipinski definition) is 6. The monoisotopic (exact) mass is 528 g/mol. The molecule has 4 rings (SSSR count).